The van der Waals surface area contributed by atoms with Crippen molar-refractivity contribution in [2.75, 3.05) is 34.9 Å². The summed E-state index contributed by atoms with van der Waals surface area (Å²) in [6.45, 7) is 10.2. The number of aromatic nitrogens is 1. The molecule has 1 unspecified atom stereocenters. The minimum Gasteiger partial charge on any atom is -0.379 e. The van der Waals surface area contributed by atoms with E-state index >= 15 is 0 Å². The molecule has 2 heterocycles. The highest BCUT2D eigenvalue weighted by Gasteiger charge is 2.44. The number of rotatable bonds is 20. The molecule has 0 spiro atoms. The summed E-state index contributed by atoms with van der Waals surface area (Å²) in [5.74, 6) is -1.13. The third kappa shape index (κ3) is 11.4. The lowest BCUT2D eigenvalue weighted by molar-refractivity contribution is -0.148. The zero-order valence-corrected chi connectivity index (χ0v) is 35.3. The second kappa shape index (κ2) is 21.2. The first-order valence-electron chi connectivity index (χ1n) is 20.2. The molecule has 1 aliphatic heterocycles. The van der Waals surface area contributed by atoms with E-state index in [2.05, 4.69) is 20.9 Å². The predicted octanol–water partition coefficient (Wildman–Crippen LogP) is 4.99. The zero-order chi connectivity index (χ0) is 40.2. The van der Waals surface area contributed by atoms with Gasteiger partial charge in [-0.1, -0.05) is 77.8 Å². The summed E-state index contributed by atoms with van der Waals surface area (Å²) in [6.07, 6.45) is 6.82. The van der Waals surface area contributed by atoms with Crippen LogP contribution in [0.1, 0.15) is 96.2 Å². The lowest BCUT2D eigenvalue weighted by atomic mass is 9.88. The number of ether oxygens (including phenoxy) is 2. The van der Waals surface area contributed by atoms with Crippen molar-refractivity contribution in [1.29, 1.82) is 0 Å². The van der Waals surface area contributed by atoms with E-state index in [4.69, 9.17) is 9.47 Å². The number of methoxy groups -OCH3 is 2. The smallest absolute Gasteiger partial charge is 0.245 e. The monoisotopic (exact) mass is 782 g/mol. The SMILES string of the molecule is CN[C@H](C(=O)N[C@H](C(=O)N(C)[C@@H](C1CCCC1)[C@@H](CC(=O)N1CCC[C@H]1[C@H](OC)[C@@H](C)C(=O)NC(Cc1ccccc1)c1nccs1)OC)C(C)C)C(C)C. The van der Waals surface area contributed by atoms with E-state index in [9.17, 15) is 19.2 Å². The number of likely N-dealkylation sites (N-methyl/N-ethyl adjacent to an activating group) is 2. The van der Waals surface area contributed by atoms with Crippen LogP contribution in [0.3, 0.4) is 0 Å². The van der Waals surface area contributed by atoms with Gasteiger partial charge < -0.3 is 35.2 Å². The number of carbonyl (C=O) groups is 4. The molecule has 0 radical (unpaired) electrons. The first kappa shape index (κ1) is 44.3. The number of hydrogen-bond donors (Lipinski definition) is 3. The van der Waals surface area contributed by atoms with Crippen LogP contribution in [-0.2, 0) is 35.1 Å². The number of amides is 4. The molecule has 13 heteroatoms. The number of carbonyl (C=O) groups excluding carboxylic acids is 4. The molecule has 3 N–H and O–H groups in total. The van der Waals surface area contributed by atoms with Crippen LogP contribution in [0.15, 0.2) is 41.9 Å². The molecule has 1 aromatic carbocycles. The van der Waals surface area contributed by atoms with Crippen LogP contribution in [0.2, 0.25) is 0 Å². The summed E-state index contributed by atoms with van der Waals surface area (Å²) >= 11 is 1.51. The fraction of sp³-hybridized carbons (Fsp3) is 0.690. The van der Waals surface area contributed by atoms with E-state index in [1.54, 1.807) is 39.4 Å². The van der Waals surface area contributed by atoms with Gasteiger partial charge in [0.1, 0.15) is 11.0 Å². The van der Waals surface area contributed by atoms with E-state index in [1.165, 1.54) is 11.3 Å². The van der Waals surface area contributed by atoms with Crippen molar-refractivity contribution in [1.82, 2.24) is 30.7 Å². The quantitative estimate of drug-likeness (QED) is 0.171. The van der Waals surface area contributed by atoms with Crippen LogP contribution < -0.4 is 16.0 Å². The Labute approximate surface area is 332 Å². The average Bonchev–Trinajstić information content (AvgIpc) is 3.98. The van der Waals surface area contributed by atoms with Crippen molar-refractivity contribution < 1.29 is 28.7 Å². The van der Waals surface area contributed by atoms with Gasteiger partial charge in [-0.05, 0) is 62.5 Å². The number of hydrogen-bond acceptors (Lipinski definition) is 9. The highest BCUT2D eigenvalue weighted by atomic mass is 32.1. The Hall–Kier alpha value is -3.39. The maximum Gasteiger partial charge on any atom is 0.245 e. The molecule has 1 saturated heterocycles. The van der Waals surface area contributed by atoms with Gasteiger partial charge in [0.15, 0.2) is 0 Å². The first-order valence-corrected chi connectivity index (χ1v) is 21.0. The van der Waals surface area contributed by atoms with Crippen molar-refractivity contribution in [3.63, 3.8) is 0 Å². The molecule has 0 bridgehead atoms. The lowest BCUT2D eigenvalue weighted by Crippen LogP contribution is -2.59. The molecular formula is C42H66N6O6S. The first-order chi connectivity index (χ1) is 26.3. The third-order valence-electron chi connectivity index (χ3n) is 11.8. The Bertz CT molecular complexity index is 1500. The maximum absolute atomic E-state index is 14.4. The number of nitrogens with one attached hydrogen (secondary N) is 3. The molecule has 306 valence electrons. The van der Waals surface area contributed by atoms with Crippen molar-refractivity contribution >= 4 is 35.0 Å². The summed E-state index contributed by atoms with van der Waals surface area (Å²) in [4.78, 5) is 64.0. The summed E-state index contributed by atoms with van der Waals surface area (Å²) < 4.78 is 12.2. The fourth-order valence-electron chi connectivity index (χ4n) is 8.74. The van der Waals surface area contributed by atoms with Crippen molar-refractivity contribution in [3.05, 3.63) is 52.5 Å². The van der Waals surface area contributed by atoms with Crippen LogP contribution in [0.5, 0.6) is 0 Å². The Balaban J connectivity index is 1.50. The zero-order valence-electron chi connectivity index (χ0n) is 34.5. The summed E-state index contributed by atoms with van der Waals surface area (Å²) in [5.41, 5.74) is 1.10. The summed E-state index contributed by atoms with van der Waals surface area (Å²) in [6, 6.07) is 7.92. The molecule has 55 heavy (non-hydrogen) atoms. The standard InChI is InChI=1S/C42H66N6O6S/c1-26(2)35(43-6)40(51)46-36(27(3)4)42(52)47(7)37(30-18-13-14-19-30)33(53-8)25-34(49)48-22-15-20-32(48)38(54-9)28(5)39(50)45-31(41-44-21-23-55-41)24-29-16-11-10-12-17-29/h10-12,16-17,21,23,26-28,30-33,35-38,43H,13-15,18-20,22,24-25H2,1-9H3,(H,45,50)(H,46,51)/t28-,31?,32+,33-,35+,36+,37+,38-/m1/s1. The van der Waals surface area contributed by atoms with Crippen LogP contribution in [0.25, 0.3) is 0 Å². The van der Waals surface area contributed by atoms with Crippen LogP contribution in [-0.4, -0.2) is 110 Å². The number of likely N-dealkylation sites (tertiary alicyclic amines) is 1. The van der Waals surface area contributed by atoms with Crippen LogP contribution in [0.4, 0.5) is 0 Å². The van der Waals surface area contributed by atoms with Gasteiger partial charge in [0, 0.05) is 39.4 Å². The van der Waals surface area contributed by atoms with Gasteiger partial charge in [-0.15, -0.1) is 11.3 Å². The van der Waals surface area contributed by atoms with Gasteiger partial charge >= 0.3 is 0 Å². The van der Waals surface area contributed by atoms with Gasteiger partial charge in [-0.3, -0.25) is 19.2 Å². The molecule has 2 fully saturated rings. The molecule has 1 aromatic heterocycles. The van der Waals surface area contributed by atoms with E-state index in [0.29, 0.717) is 19.4 Å². The van der Waals surface area contributed by atoms with Gasteiger partial charge in [0.2, 0.25) is 23.6 Å². The maximum atomic E-state index is 14.4. The predicted molar refractivity (Wildman–Crippen MR) is 216 cm³/mol. The molecule has 12 nitrogen and oxygen atoms in total. The van der Waals surface area contributed by atoms with Gasteiger partial charge in [0.05, 0.1) is 48.7 Å². The van der Waals surface area contributed by atoms with Gasteiger partial charge in [0.25, 0.3) is 0 Å². The van der Waals surface area contributed by atoms with E-state index in [0.717, 1.165) is 42.7 Å². The Morgan fingerprint density at radius 3 is 2.15 bits per heavy atom. The number of benzene rings is 1. The van der Waals surface area contributed by atoms with Crippen molar-refractivity contribution in [3.8, 4) is 0 Å². The second-order valence-electron chi connectivity index (χ2n) is 16.1. The van der Waals surface area contributed by atoms with E-state index in [-0.39, 0.29) is 65.9 Å². The van der Waals surface area contributed by atoms with Crippen LogP contribution in [0, 0.1) is 23.7 Å². The van der Waals surface area contributed by atoms with E-state index in [1.807, 2.05) is 75.2 Å². The topological polar surface area (TPSA) is 142 Å². The largest absolute Gasteiger partial charge is 0.379 e. The molecule has 8 atom stereocenters. The molecule has 4 amide bonds. The molecule has 2 aromatic rings. The van der Waals surface area contributed by atoms with Crippen molar-refractivity contribution in [2.24, 2.45) is 23.7 Å². The molecule has 4 rings (SSSR count). The minimum atomic E-state index is -0.731. The molecular weight excluding hydrogens is 717 g/mol. The Morgan fingerprint density at radius 2 is 1.58 bits per heavy atom. The second-order valence-corrected chi connectivity index (χ2v) is 17.0. The van der Waals surface area contributed by atoms with Crippen LogP contribution >= 0.6 is 11.3 Å². The number of nitrogens with zero attached hydrogens (tertiary/aromatic N) is 3. The Kier molecular flexibility index (Phi) is 17.1. The summed E-state index contributed by atoms with van der Waals surface area (Å²) in [5, 5.41) is 12.1. The average molecular weight is 783 g/mol. The molecule has 1 aliphatic carbocycles. The lowest BCUT2D eigenvalue weighted by Gasteiger charge is -2.41. The van der Waals surface area contributed by atoms with E-state index < -0.39 is 30.2 Å². The molecule has 2 aliphatic rings. The van der Waals surface area contributed by atoms with Gasteiger partial charge in [-0.2, -0.15) is 0 Å². The third-order valence-corrected chi connectivity index (χ3v) is 12.6. The highest BCUT2D eigenvalue weighted by molar-refractivity contribution is 7.09. The minimum absolute atomic E-state index is 0.0466. The normalized spacial score (nSPS) is 20.1. The Morgan fingerprint density at radius 1 is 0.909 bits per heavy atom. The van der Waals surface area contributed by atoms with Gasteiger partial charge in [-0.25, -0.2) is 4.98 Å². The van der Waals surface area contributed by atoms with Crippen molar-refractivity contribution in [2.45, 2.75) is 128 Å². The number of thiazole rings is 1. The highest BCUT2D eigenvalue weighted by Crippen LogP contribution is 2.35. The summed E-state index contributed by atoms with van der Waals surface area (Å²) in [7, 11) is 6.76. The molecule has 1 saturated carbocycles. The fourth-order valence-corrected chi connectivity index (χ4v) is 9.43.